The molecule has 0 bridgehead atoms. The zero-order valence-corrected chi connectivity index (χ0v) is 9.14. The van der Waals surface area contributed by atoms with Gasteiger partial charge in [0.1, 0.15) is 0 Å². The van der Waals surface area contributed by atoms with Crippen molar-refractivity contribution in [3.63, 3.8) is 0 Å². The van der Waals surface area contributed by atoms with E-state index in [1.54, 1.807) is 18.9 Å². The minimum absolute atomic E-state index is 0.418. The lowest BCUT2D eigenvalue weighted by Gasteiger charge is -2.19. The van der Waals surface area contributed by atoms with Gasteiger partial charge in [-0.3, -0.25) is 4.79 Å². The van der Waals surface area contributed by atoms with Gasteiger partial charge in [-0.2, -0.15) is 5.10 Å². The van der Waals surface area contributed by atoms with E-state index in [0.717, 1.165) is 5.69 Å². The van der Waals surface area contributed by atoms with Crippen LogP contribution >= 0.6 is 0 Å². The van der Waals surface area contributed by atoms with Gasteiger partial charge in [0.25, 0.3) is 0 Å². The van der Waals surface area contributed by atoms with Gasteiger partial charge >= 0.3 is 5.97 Å². The average molecular weight is 209 g/mol. The Hall–Kier alpha value is -1.65. The number of aryl methyl sites for hydroxylation is 1. The van der Waals surface area contributed by atoms with Gasteiger partial charge < -0.3 is 10.0 Å². The van der Waals surface area contributed by atoms with Crippen LogP contribution < -0.4 is 4.90 Å². The molecule has 0 aliphatic carbocycles. The standard InChI is InChI=1S/C10H15N3O2/c1-7(10(14)15)6-13(3)9-5-4-8(2)11-12-9/h4-5,7H,6H2,1-3H3,(H,14,15). The van der Waals surface area contributed by atoms with Crippen LogP contribution in [-0.2, 0) is 4.79 Å². The van der Waals surface area contributed by atoms with Crippen LogP contribution in [0, 0.1) is 12.8 Å². The Bertz CT molecular complexity index is 337. The summed E-state index contributed by atoms with van der Waals surface area (Å²) >= 11 is 0. The molecule has 5 heteroatoms. The maximum absolute atomic E-state index is 10.7. The molecule has 1 N–H and O–H groups in total. The molecule has 0 fully saturated rings. The van der Waals surface area contributed by atoms with Crippen LogP contribution in [0.25, 0.3) is 0 Å². The fourth-order valence-electron chi connectivity index (χ4n) is 1.18. The Balaban J connectivity index is 2.64. The summed E-state index contributed by atoms with van der Waals surface area (Å²) < 4.78 is 0. The summed E-state index contributed by atoms with van der Waals surface area (Å²) in [4.78, 5) is 12.4. The van der Waals surface area contributed by atoms with E-state index in [4.69, 9.17) is 5.11 Å². The second-order valence-corrected chi connectivity index (χ2v) is 3.65. The molecule has 1 unspecified atom stereocenters. The highest BCUT2D eigenvalue weighted by molar-refractivity contribution is 5.70. The van der Waals surface area contributed by atoms with Crippen LogP contribution in [0.2, 0.25) is 0 Å². The molecule has 1 heterocycles. The number of hydrogen-bond donors (Lipinski definition) is 1. The highest BCUT2D eigenvalue weighted by Gasteiger charge is 2.14. The first-order valence-electron chi connectivity index (χ1n) is 4.75. The number of carboxylic acids is 1. The molecule has 1 aromatic heterocycles. The van der Waals surface area contributed by atoms with E-state index >= 15 is 0 Å². The lowest BCUT2D eigenvalue weighted by molar-refractivity contribution is -0.140. The van der Waals surface area contributed by atoms with Crippen LogP contribution in [0.3, 0.4) is 0 Å². The van der Waals surface area contributed by atoms with E-state index in [-0.39, 0.29) is 0 Å². The third-order valence-corrected chi connectivity index (χ3v) is 2.14. The Labute approximate surface area is 88.7 Å². The summed E-state index contributed by atoms with van der Waals surface area (Å²) in [6, 6.07) is 3.68. The molecule has 1 rings (SSSR count). The van der Waals surface area contributed by atoms with E-state index in [2.05, 4.69) is 10.2 Å². The molecule has 0 aliphatic heterocycles. The Kier molecular flexibility index (Phi) is 3.60. The first-order chi connectivity index (χ1) is 7.00. The topological polar surface area (TPSA) is 66.3 Å². The van der Waals surface area contributed by atoms with Crippen molar-refractivity contribution in [2.24, 2.45) is 5.92 Å². The van der Waals surface area contributed by atoms with Gasteiger partial charge in [0, 0.05) is 13.6 Å². The van der Waals surface area contributed by atoms with Gasteiger partial charge in [-0.15, -0.1) is 5.10 Å². The van der Waals surface area contributed by atoms with E-state index in [9.17, 15) is 4.79 Å². The summed E-state index contributed by atoms with van der Waals surface area (Å²) in [7, 11) is 1.80. The largest absolute Gasteiger partial charge is 0.481 e. The van der Waals surface area contributed by atoms with Gasteiger partial charge in [0.2, 0.25) is 0 Å². The zero-order chi connectivity index (χ0) is 11.4. The molecule has 0 amide bonds. The van der Waals surface area contributed by atoms with Crippen LogP contribution in [-0.4, -0.2) is 34.9 Å². The Morgan fingerprint density at radius 3 is 2.67 bits per heavy atom. The van der Waals surface area contributed by atoms with Gasteiger partial charge in [-0.05, 0) is 19.1 Å². The monoisotopic (exact) mass is 209 g/mol. The van der Waals surface area contributed by atoms with Gasteiger partial charge in [-0.1, -0.05) is 6.92 Å². The van der Waals surface area contributed by atoms with Crippen molar-refractivity contribution >= 4 is 11.8 Å². The molecule has 0 aromatic carbocycles. The van der Waals surface area contributed by atoms with E-state index in [1.807, 2.05) is 19.1 Å². The fourth-order valence-corrected chi connectivity index (χ4v) is 1.18. The molecule has 5 nitrogen and oxygen atoms in total. The van der Waals surface area contributed by atoms with Crippen molar-refractivity contribution in [3.8, 4) is 0 Å². The minimum atomic E-state index is -0.804. The average Bonchev–Trinajstić information content (AvgIpc) is 2.18. The summed E-state index contributed by atoms with van der Waals surface area (Å²) in [5.74, 6) is -0.534. The Morgan fingerprint density at radius 1 is 1.53 bits per heavy atom. The SMILES string of the molecule is Cc1ccc(N(C)CC(C)C(=O)O)nn1. The molecule has 0 saturated heterocycles. The van der Waals surface area contributed by atoms with Crippen molar-refractivity contribution in [3.05, 3.63) is 17.8 Å². The number of carbonyl (C=O) groups is 1. The minimum Gasteiger partial charge on any atom is -0.481 e. The molecule has 82 valence electrons. The number of carboxylic acid groups (broad SMARTS) is 1. The highest BCUT2D eigenvalue weighted by Crippen LogP contribution is 2.09. The number of aromatic nitrogens is 2. The van der Waals surface area contributed by atoms with Gasteiger partial charge in [0.05, 0.1) is 11.6 Å². The lowest BCUT2D eigenvalue weighted by atomic mass is 10.2. The maximum Gasteiger partial charge on any atom is 0.308 e. The third kappa shape index (κ3) is 3.19. The second-order valence-electron chi connectivity index (χ2n) is 3.65. The summed E-state index contributed by atoms with van der Waals surface area (Å²) in [6.07, 6.45) is 0. The normalized spacial score (nSPS) is 12.2. The molecule has 0 saturated carbocycles. The predicted octanol–water partition coefficient (Wildman–Crippen LogP) is 0.942. The lowest BCUT2D eigenvalue weighted by Crippen LogP contribution is -2.29. The van der Waals surface area contributed by atoms with Crippen molar-refractivity contribution in [1.29, 1.82) is 0 Å². The molecule has 1 aromatic rings. The maximum atomic E-state index is 10.7. The van der Waals surface area contributed by atoms with E-state index in [1.165, 1.54) is 0 Å². The Morgan fingerprint density at radius 2 is 2.20 bits per heavy atom. The smallest absolute Gasteiger partial charge is 0.308 e. The molecule has 0 radical (unpaired) electrons. The molecular weight excluding hydrogens is 194 g/mol. The van der Waals surface area contributed by atoms with Crippen LogP contribution in [0.4, 0.5) is 5.82 Å². The van der Waals surface area contributed by atoms with Crippen LogP contribution in [0.5, 0.6) is 0 Å². The van der Waals surface area contributed by atoms with E-state index in [0.29, 0.717) is 12.4 Å². The van der Waals surface area contributed by atoms with E-state index < -0.39 is 11.9 Å². The first-order valence-corrected chi connectivity index (χ1v) is 4.75. The van der Waals surface area contributed by atoms with Crippen molar-refractivity contribution in [2.75, 3.05) is 18.5 Å². The summed E-state index contributed by atoms with van der Waals surface area (Å²) in [5.41, 5.74) is 0.846. The predicted molar refractivity (Wildman–Crippen MR) is 56.8 cm³/mol. The summed E-state index contributed by atoms with van der Waals surface area (Å²) in [5, 5.41) is 16.6. The summed E-state index contributed by atoms with van der Waals surface area (Å²) in [6.45, 7) is 3.95. The van der Waals surface area contributed by atoms with Crippen molar-refractivity contribution in [2.45, 2.75) is 13.8 Å². The van der Waals surface area contributed by atoms with Crippen molar-refractivity contribution < 1.29 is 9.90 Å². The van der Waals surface area contributed by atoms with Gasteiger partial charge in [-0.25, -0.2) is 0 Å². The van der Waals surface area contributed by atoms with Gasteiger partial charge in [0.15, 0.2) is 5.82 Å². The number of hydrogen-bond acceptors (Lipinski definition) is 4. The molecule has 1 atom stereocenters. The molecule has 0 spiro atoms. The zero-order valence-electron chi connectivity index (χ0n) is 9.14. The highest BCUT2D eigenvalue weighted by atomic mass is 16.4. The number of anilines is 1. The fraction of sp³-hybridized carbons (Fsp3) is 0.500. The molecular formula is C10H15N3O2. The number of aliphatic carboxylic acids is 1. The van der Waals surface area contributed by atoms with Crippen molar-refractivity contribution in [1.82, 2.24) is 10.2 Å². The second kappa shape index (κ2) is 4.72. The van der Waals surface area contributed by atoms with Crippen LogP contribution in [0.15, 0.2) is 12.1 Å². The van der Waals surface area contributed by atoms with Crippen LogP contribution in [0.1, 0.15) is 12.6 Å². The first kappa shape index (κ1) is 11.4. The third-order valence-electron chi connectivity index (χ3n) is 2.14. The number of nitrogens with zero attached hydrogens (tertiary/aromatic N) is 3. The number of rotatable bonds is 4. The molecule has 15 heavy (non-hydrogen) atoms. The molecule has 0 aliphatic rings. The quantitative estimate of drug-likeness (QED) is 0.799.